The van der Waals surface area contributed by atoms with Crippen molar-refractivity contribution in [1.29, 1.82) is 0 Å². The van der Waals surface area contributed by atoms with Gasteiger partial charge in [0.1, 0.15) is 11.6 Å². The normalized spacial score (nSPS) is 12.1. The van der Waals surface area contributed by atoms with Crippen molar-refractivity contribution in [3.05, 3.63) is 45.6 Å². The molecule has 0 aliphatic rings. The third-order valence-electron chi connectivity index (χ3n) is 2.26. The van der Waals surface area contributed by atoms with E-state index in [1.807, 2.05) is 0 Å². The topological polar surface area (TPSA) is 114 Å². The second-order valence-electron chi connectivity index (χ2n) is 3.74. The number of esters is 1. The second kappa shape index (κ2) is 8.03. The number of azo groups is 1. The largest absolute Gasteiger partial charge is 0.508 e. The van der Waals surface area contributed by atoms with Gasteiger partial charge in [0.25, 0.3) is 5.69 Å². The molecule has 0 unspecified atom stereocenters. The Labute approximate surface area is 129 Å². The second-order valence-corrected chi connectivity index (χ2v) is 4.01. The van der Waals surface area contributed by atoms with E-state index in [0.29, 0.717) is 6.07 Å². The Morgan fingerprint density at radius 1 is 1.55 bits per heavy atom. The number of alkyl halides is 1. The Morgan fingerprint density at radius 3 is 2.77 bits per heavy atom. The highest BCUT2D eigenvalue weighted by atomic mass is 35.5. The fraction of sp³-hybridized carbons (Fsp3) is 0.250. The molecule has 0 heterocycles. The van der Waals surface area contributed by atoms with Crippen molar-refractivity contribution in [2.75, 3.05) is 12.5 Å². The molecule has 8 nitrogen and oxygen atoms in total. The maximum absolute atomic E-state index is 13.0. The molecule has 1 aromatic carbocycles. The standard InChI is InChI=1S/C12H11ClFN3O5/c1-2-22-12(19)11(10(18)6-13)16-15-8-4-3-7(14)5-9(8)17(20)21/h3-5,18H,2,6H2,1H3/b11-10-,16-15?. The highest BCUT2D eigenvalue weighted by molar-refractivity contribution is 6.19. The highest BCUT2D eigenvalue weighted by Crippen LogP contribution is 2.28. The van der Waals surface area contributed by atoms with Crippen LogP contribution in [0.25, 0.3) is 0 Å². The molecule has 0 spiro atoms. The predicted molar refractivity (Wildman–Crippen MR) is 74.6 cm³/mol. The maximum atomic E-state index is 13.0. The van der Waals surface area contributed by atoms with Crippen LogP contribution in [0.5, 0.6) is 0 Å². The lowest BCUT2D eigenvalue weighted by Gasteiger charge is -2.03. The summed E-state index contributed by atoms with van der Waals surface area (Å²) in [5.41, 5.74) is -1.52. The number of nitro groups is 1. The van der Waals surface area contributed by atoms with Crippen LogP contribution in [0.15, 0.2) is 39.9 Å². The Bertz CT molecular complexity index is 648. The van der Waals surface area contributed by atoms with Crippen molar-refractivity contribution < 1.29 is 24.0 Å². The van der Waals surface area contributed by atoms with Crippen LogP contribution in [0.2, 0.25) is 0 Å². The van der Waals surface area contributed by atoms with Crippen LogP contribution in [-0.2, 0) is 9.53 Å². The molecule has 22 heavy (non-hydrogen) atoms. The molecule has 1 rings (SSSR count). The lowest BCUT2D eigenvalue weighted by Crippen LogP contribution is -2.09. The number of ether oxygens (including phenoxy) is 1. The van der Waals surface area contributed by atoms with Gasteiger partial charge in [0.15, 0.2) is 5.69 Å². The van der Waals surface area contributed by atoms with E-state index in [2.05, 4.69) is 15.0 Å². The number of aliphatic hydroxyl groups is 1. The first kappa shape index (κ1) is 17.5. The number of hydrogen-bond acceptors (Lipinski definition) is 7. The van der Waals surface area contributed by atoms with Gasteiger partial charge >= 0.3 is 5.97 Å². The number of nitro benzene ring substituents is 1. The van der Waals surface area contributed by atoms with E-state index in [1.165, 1.54) is 6.92 Å². The van der Waals surface area contributed by atoms with Crippen LogP contribution in [-0.4, -0.2) is 28.5 Å². The molecule has 1 aromatic rings. The van der Waals surface area contributed by atoms with Gasteiger partial charge in [-0.2, -0.15) is 0 Å². The molecule has 0 aromatic heterocycles. The molecule has 118 valence electrons. The summed E-state index contributed by atoms with van der Waals surface area (Å²) in [4.78, 5) is 21.5. The molecule has 10 heteroatoms. The zero-order valence-electron chi connectivity index (χ0n) is 11.3. The van der Waals surface area contributed by atoms with Gasteiger partial charge in [0.2, 0.25) is 5.70 Å². The molecule has 0 aliphatic carbocycles. The molecule has 0 atom stereocenters. The summed E-state index contributed by atoms with van der Waals surface area (Å²) in [6, 6.07) is 2.61. The first-order valence-corrected chi connectivity index (χ1v) is 6.45. The number of nitrogens with zero attached hydrogens (tertiary/aromatic N) is 3. The zero-order valence-corrected chi connectivity index (χ0v) is 12.1. The van der Waals surface area contributed by atoms with Gasteiger partial charge in [-0.25, -0.2) is 9.18 Å². The molecule has 0 saturated heterocycles. The van der Waals surface area contributed by atoms with Gasteiger partial charge in [0.05, 0.1) is 23.5 Å². The first-order chi connectivity index (χ1) is 10.4. The highest BCUT2D eigenvalue weighted by Gasteiger charge is 2.18. The first-order valence-electron chi connectivity index (χ1n) is 5.91. The van der Waals surface area contributed by atoms with Crippen LogP contribution >= 0.6 is 11.6 Å². The number of benzene rings is 1. The van der Waals surface area contributed by atoms with Crippen LogP contribution in [0, 0.1) is 15.9 Å². The molecule has 0 radical (unpaired) electrons. The number of hydrogen-bond donors (Lipinski definition) is 1. The number of aliphatic hydroxyl groups excluding tert-OH is 1. The van der Waals surface area contributed by atoms with Crippen LogP contribution in [0.3, 0.4) is 0 Å². The number of allylic oxidation sites excluding steroid dienone is 1. The van der Waals surface area contributed by atoms with E-state index in [1.54, 1.807) is 0 Å². The van der Waals surface area contributed by atoms with Crippen molar-refractivity contribution in [1.82, 2.24) is 0 Å². The van der Waals surface area contributed by atoms with Crippen molar-refractivity contribution in [3.8, 4) is 0 Å². The van der Waals surface area contributed by atoms with E-state index >= 15 is 0 Å². The minimum atomic E-state index is -0.992. The van der Waals surface area contributed by atoms with E-state index in [4.69, 9.17) is 11.6 Å². The van der Waals surface area contributed by atoms with Crippen molar-refractivity contribution >= 4 is 28.9 Å². The summed E-state index contributed by atoms with van der Waals surface area (Å²) in [5.74, 6) is -2.85. The minimum absolute atomic E-state index is 0.0180. The van der Waals surface area contributed by atoms with Gasteiger partial charge in [-0.15, -0.1) is 21.8 Å². The zero-order chi connectivity index (χ0) is 16.7. The molecular weight excluding hydrogens is 321 g/mol. The van der Waals surface area contributed by atoms with Gasteiger partial charge in [-0.3, -0.25) is 10.1 Å². The fourth-order valence-corrected chi connectivity index (χ4v) is 1.44. The summed E-state index contributed by atoms with van der Waals surface area (Å²) in [5, 5.41) is 27.2. The maximum Gasteiger partial charge on any atom is 0.362 e. The summed E-state index contributed by atoms with van der Waals surface area (Å²) >= 11 is 5.40. The van der Waals surface area contributed by atoms with Crippen molar-refractivity contribution in [2.45, 2.75) is 6.92 Å². The minimum Gasteiger partial charge on any atom is -0.508 e. The molecule has 0 saturated carbocycles. The molecule has 0 amide bonds. The monoisotopic (exact) mass is 331 g/mol. The van der Waals surface area contributed by atoms with E-state index in [-0.39, 0.29) is 12.3 Å². The Morgan fingerprint density at radius 2 is 2.23 bits per heavy atom. The van der Waals surface area contributed by atoms with Crippen molar-refractivity contribution in [2.24, 2.45) is 10.2 Å². The Balaban J connectivity index is 3.22. The summed E-state index contributed by atoms with van der Waals surface area (Å²) in [6.45, 7) is 1.55. The number of carbonyl (C=O) groups is 1. The van der Waals surface area contributed by atoms with E-state index in [0.717, 1.165) is 12.1 Å². The third-order valence-corrected chi connectivity index (χ3v) is 2.51. The Hall–Kier alpha value is -2.55. The number of halogens is 2. The smallest absolute Gasteiger partial charge is 0.362 e. The lowest BCUT2D eigenvalue weighted by molar-refractivity contribution is -0.384. The average Bonchev–Trinajstić information content (AvgIpc) is 2.48. The Kier molecular flexibility index (Phi) is 6.39. The number of carbonyl (C=O) groups excluding carboxylic acids is 1. The lowest BCUT2D eigenvalue weighted by atomic mass is 10.3. The van der Waals surface area contributed by atoms with Crippen LogP contribution in [0.4, 0.5) is 15.8 Å². The summed E-state index contributed by atoms with van der Waals surface area (Å²) < 4.78 is 17.6. The molecule has 0 bridgehead atoms. The molecule has 0 aliphatic heterocycles. The summed E-state index contributed by atoms with van der Waals surface area (Å²) in [7, 11) is 0. The fourth-order valence-electron chi connectivity index (χ4n) is 1.31. The van der Waals surface area contributed by atoms with Crippen LogP contribution < -0.4 is 0 Å². The quantitative estimate of drug-likeness (QED) is 0.163. The van der Waals surface area contributed by atoms with E-state index in [9.17, 15) is 24.4 Å². The van der Waals surface area contributed by atoms with Gasteiger partial charge < -0.3 is 9.84 Å². The predicted octanol–water partition coefficient (Wildman–Crippen LogP) is 3.39. The molecule has 0 fully saturated rings. The van der Waals surface area contributed by atoms with Gasteiger partial charge in [-0.05, 0) is 19.1 Å². The van der Waals surface area contributed by atoms with Crippen molar-refractivity contribution in [3.63, 3.8) is 0 Å². The third kappa shape index (κ3) is 4.48. The SMILES string of the molecule is CCOC(=O)/C(N=Nc1ccc(F)cc1[N+](=O)[O-])=C(/O)CCl. The van der Waals surface area contributed by atoms with Gasteiger partial charge in [-0.1, -0.05) is 0 Å². The summed E-state index contributed by atoms with van der Waals surface area (Å²) in [6.07, 6.45) is 0. The average molecular weight is 332 g/mol. The van der Waals surface area contributed by atoms with E-state index < -0.39 is 39.7 Å². The molecule has 1 N–H and O–H groups in total. The molecular formula is C12H11ClFN3O5. The number of rotatable bonds is 6. The van der Waals surface area contributed by atoms with Gasteiger partial charge in [0, 0.05) is 0 Å². The van der Waals surface area contributed by atoms with Crippen LogP contribution in [0.1, 0.15) is 6.92 Å².